The molecule has 1 aliphatic carbocycles. The molecule has 0 saturated carbocycles. The molecule has 4 rings (SSSR count). The van der Waals surface area contributed by atoms with Crippen LogP contribution in [0, 0.1) is 10.4 Å². The zero-order valence-corrected chi connectivity index (χ0v) is 18.9. The van der Waals surface area contributed by atoms with E-state index in [0.717, 1.165) is 5.69 Å². The van der Waals surface area contributed by atoms with Crippen LogP contribution in [0.3, 0.4) is 0 Å². The minimum atomic E-state index is 0. The van der Waals surface area contributed by atoms with Crippen molar-refractivity contribution in [3.63, 3.8) is 0 Å². The first-order chi connectivity index (χ1) is 12.2. The third-order valence-corrected chi connectivity index (χ3v) is 3.20. The zero-order chi connectivity index (χ0) is 18.7. The van der Waals surface area contributed by atoms with Gasteiger partial charge in [0.25, 0.3) is 0 Å². The second-order valence-electron chi connectivity index (χ2n) is 5.42. The Morgan fingerprint density at radius 1 is 0.731 bits per heavy atom. The quantitative estimate of drug-likeness (QED) is 0.496. The molecular formula is C21H26N4Zr. The van der Waals surface area contributed by atoms with Gasteiger partial charge in [-0.05, 0) is 15.7 Å². The minimum absolute atomic E-state index is 0. The van der Waals surface area contributed by atoms with Gasteiger partial charge in [0.1, 0.15) is 0 Å². The number of benzene rings is 2. The van der Waals surface area contributed by atoms with E-state index in [4.69, 9.17) is 0 Å². The van der Waals surface area contributed by atoms with Gasteiger partial charge in [-0.1, -0.05) is 53.9 Å². The van der Waals surface area contributed by atoms with Crippen molar-refractivity contribution in [1.29, 1.82) is 0 Å². The Morgan fingerprint density at radius 3 is 1.92 bits per heavy atom. The monoisotopic (exact) mass is 424 g/mol. The molecule has 0 unspecified atom stereocenters. The topological polar surface area (TPSA) is 54.7 Å². The Morgan fingerprint density at radius 2 is 1.31 bits per heavy atom. The molecule has 1 heterocycles. The first-order valence-electron chi connectivity index (χ1n) is 8.02. The third kappa shape index (κ3) is 6.40. The molecule has 4 nitrogen and oxygen atoms in total. The van der Waals surface area contributed by atoms with Crippen molar-refractivity contribution < 1.29 is 26.2 Å². The van der Waals surface area contributed by atoms with Crippen molar-refractivity contribution in [2.75, 3.05) is 42.3 Å². The van der Waals surface area contributed by atoms with Crippen LogP contribution in [0.1, 0.15) is 5.56 Å². The van der Waals surface area contributed by atoms with Crippen LogP contribution in [-0.2, 0) is 26.2 Å². The Bertz CT molecular complexity index is 900. The van der Waals surface area contributed by atoms with Crippen LogP contribution < -0.4 is 10.4 Å². The average molecular weight is 426 g/mol. The molecule has 2 aromatic rings. The van der Waals surface area contributed by atoms with Crippen LogP contribution in [0.5, 0.6) is 0 Å². The van der Waals surface area contributed by atoms with Crippen molar-refractivity contribution in [3.05, 3.63) is 78.8 Å². The summed E-state index contributed by atoms with van der Waals surface area (Å²) in [6.45, 7) is 0. The Hall–Kier alpha value is -1.39. The number of rotatable bonds is 0. The number of hydrogen-bond acceptors (Lipinski definition) is 1. The van der Waals surface area contributed by atoms with Gasteiger partial charge in [0, 0.05) is 0 Å². The molecule has 0 saturated heterocycles. The van der Waals surface area contributed by atoms with Gasteiger partial charge in [0.15, 0.2) is 0 Å². The summed E-state index contributed by atoms with van der Waals surface area (Å²) >= 11 is 0. The van der Waals surface area contributed by atoms with E-state index in [0.29, 0.717) is 0 Å². The maximum atomic E-state index is 4.32. The van der Waals surface area contributed by atoms with Gasteiger partial charge in [0.2, 0.25) is 0 Å². The second-order valence-corrected chi connectivity index (χ2v) is 5.42. The molecule has 0 bridgehead atoms. The van der Waals surface area contributed by atoms with E-state index in [9.17, 15) is 0 Å². The number of aliphatic imine (C=N–C) groups is 1. The van der Waals surface area contributed by atoms with E-state index in [2.05, 4.69) is 69.6 Å². The van der Waals surface area contributed by atoms with E-state index in [1.165, 1.54) is 26.4 Å². The zero-order valence-electron chi connectivity index (χ0n) is 16.4. The molecule has 2 aromatic carbocycles. The average Bonchev–Trinajstić information content (AvgIpc) is 3.21. The fourth-order valence-corrected chi connectivity index (χ4v) is 2.44. The standard InChI is InChI=1S/C15H8N.3C2H6N.Zr/c1-2-4-12-11(3-1)9-14-13(12)6-5-10-7-8-16-15(10)14;3*1-3-2;/h1-7,9H;3*1-2H3;/q4*-1;+4. The molecule has 1 aliphatic heterocycles. The molecule has 2 aliphatic rings. The fraction of sp³-hybridized carbons (Fsp3) is 0.286. The molecule has 5 heteroatoms. The molecule has 0 atom stereocenters. The van der Waals surface area contributed by atoms with E-state index in [1.807, 2.05) is 6.08 Å². The van der Waals surface area contributed by atoms with E-state index in [-0.39, 0.29) is 26.2 Å². The van der Waals surface area contributed by atoms with Crippen molar-refractivity contribution in [3.8, 4) is 0 Å². The summed E-state index contributed by atoms with van der Waals surface area (Å²) < 4.78 is 0. The normalized spacial score (nSPS) is 10.5. The van der Waals surface area contributed by atoms with Crippen LogP contribution in [0.2, 0.25) is 0 Å². The first kappa shape index (κ1) is 24.6. The predicted molar refractivity (Wildman–Crippen MR) is 111 cm³/mol. The summed E-state index contributed by atoms with van der Waals surface area (Å²) in [4.78, 5) is 4.32. The summed E-state index contributed by atoms with van der Waals surface area (Å²) in [5, 5.41) is 15.5. The molecule has 0 radical (unpaired) electrons. The second kappa shape index (κ2) is 13.8. The van der Waals surface area contributed by atoms with Crippen LogP contribution in [0.15, 0.2) is 41.4 Å². The van der Waals surface area contributed by atoms with Crippen LogP contribution in [0.4, 0.5) is 5.69 Å². The van der Waals surface area contributed by atoms with Crippen LogP contribution in [0.25, 0.3) is 28.1 Å². The SMILES string of the molecule is C[N-]C.C[N-]C.C[N-]C.[C-]1=Nc2c3c(ccc2=C1)=c1ccccc1=C3.[Zr+4]. The molecule has 0 amide bonds. The summed E-state index contributed by atoms with van der Waals surface area (Å²) in [5.41, 5.74) is 2.30. The van der Waals surface area contributed by atoms with E-state index < -0.39 is 0 Å². The molecule has 0 fully saturated rings. The van der Waals surface area contributed by atoms with Gasteiger partial charge in [-0.25, -0.2) is 0 Å². The fourth-order valence-electron chi connectivity index (χ4n) is 2.44. The summed E-state index contributed by atoms with van der Waals surface area (Å²) in [6.07, 6.45) is 7.08. The molecule has 0 aromatic heterocycles. The van der Waals surface area contributed by atoms with Crippen molar-refractivity contribution >= 4 is 24.1 Å². The Kier molecular flexibility index (Phi) is 13.0. The summed E-state index contributed by atoms with van der Waals surface area (Å²) in [5.74, 6) is 0. The van der Waals surface area contributed by atoms with Crippen molar-refractivity contribution in [1.82, 2.24) is 0 Å². The van der Waals surface area contributed by atoms with Crippen molar-refractivity contribution in [2.45, 2.75) is 0 Å². The number of hydrogen-bond donors (Lipinski definition) is 0. The Balaban J connectivity index is 0.000000540. The maximum absolute atomic E-state index is 4.32. The number of nitrogens with zero attached hydrogens (tertiary/aromatic N) is 4. The largest absolute Gasteiger partial charge is 4.00 e. The number of fused-ring (bicyclic) bond motifs is 4. The van der Waals surface area contributed by atoms with E-state index in [1.54, 1.807) is 42.3 Å². The van der Waals surface area contributed by atoms with Gasteiger partial charge >= 0.3 is 26.2 Å². The predicted octanol–water partition coefficient (Wildman–Crippen LogP) is 3.35. The summed E-state index contributed by atoms with van der Waals surface area (Å²) in [7, 11) is 10.5. The minimum Gasteiger partial charge on any atom is -0.668 e. The summed E-state index contributed by atoms with van der Waals surface area (Å²) in [6, 6.07) is 12.8. The van der Waals surface area contributed by atoms with Crippen LogP contribution >= 0.6 is 0 Å². The Labute approximate surface area is 176 Å². The van der Waals surface area contributed by atoms with Crippen molar-refractivity contribution in [2.24, 2.45) is 4.99 Å². The van der Waals surface area contributed by atoms with Gasteiger partial charge in [-0.2, -0.15) is 53.6 Å². The maximum Gasteiger partial charge on any atom is 4.00 e. The van der Waals surface area contributed by atoms with E-state index >= 15 is 0 Å². The van der Waals surface area contributed by atoms with Gasteiger partial charge in [0.05, 0.1) is 0 Å². The third-order valence-electron chi connectivity index (χ3n) is 3.20. The molecule has 0 N–H and O–H groups in total. The molecule has 26 heavy (non-hydrogen) atoms. The smallest absolute Gasteiger partial charge is 0.668 e. The molecule has 0 spiro atoms. The molecular weight excluding hydrogens is 399 g/mol. The van der Waals surface area contributed by atoms with Gasteiger partial charge in [-0.15, -0.1) is 6.07 Å². The molecule has 134 valence electrons. The van der Waals surface area contributed by atoms with Crippen LogP contribution in [-0.4, -0.2) is 48.5 Å². The van der Waals surface area contributed by atoms with Gasteiger partial charge < -0.3 is 20.9 Å². The van der Waals surface area contributed by atoms with Gasteiger partial charge in [-0.3, -0.25) is 0 Å². The first-order valence-corrected chi connectivity index (χ1v) is 8.02.